The molecule has 0 rings (SSSR count). The Morgan fingerprint density at radius 1 is 1.21 bits per heavy atom. The van der Waals surface area contributed by atoms with E-state index >= 15 is 0 Å². The van der Waals surface area contributed by atoms with E-state index in [9.17, 15) is 14.4 Å². The van der Waals surface area contributed by atoms with E-state index in [2.05, 4.69) is 23.6 Å². The maximum absolute atomic E-state index is 11.8. The zero-order valence-electron chi connectivity index (χ0n) is 11.8. The third-order valence-electron chi connectivity index (χ3n) is 2.36. The SMILES string of the molecule is C=[PH](C)CC(C)(C)CC(=O)CNC(=O)CNC(=O)P. The van der Waals surface area contributed by atoms with Crippen LogP contribution in [0.25, 0.3) is 0 Å². The smallest absolute Gasteiger partial charge is 0.239 e. The molecule has 0 aliphatic heterocycles. The minimum Gasteiger partial charge on any atom is -0.347 e. The number of Topliss-reactive ketones (excluding diaryl/α,β-unsaturated/α-hetero) is 1. The molecule has 2 unspecified atom stereocenters. The molecule has 2 amide bonds. The third-order valence-corrected chi connectivity index (χ3v) is 4.13. The van der Waals surface area contributed by atoms with Gasteiger partial charge in [0, 0.05) is 6.42 Å². The van der Waals surface area contributed by atoms with Crippen LogP contribution >= 0.6 is 16.8 Å². The van der Waals surface area contributed by atoms with E-state index in [1.807, 2.05) is 23.1 Å². The second kappa shape index (κ2) is 8.50. The summed E-state index contributed by atoms with van der Waals surface area (Å²) >= 11 is 0. The highest BCUT2D eigenvalue weighted by Crippen LogP contribution is 2.31. The molecular weight excluding hydrogens is 282 g/mol. The molecule has 0 fully saturated rings. The molecule has 0 aromatic rings. The standard InChI is InChI=1S/C12H24N2O3P2/c1-12(2,8-19(3)4)5-9(15)6-13-10(16)7-14-11(17)18/h19H,3,5-8,18H2,1-2,4H3,(H,13,16)(H,14,17). The normalized spacial score (nSPS) is 12.6. The van der Waals surface area contributed by atoms with Crippen LogP contribution in [0.1, 0.15) is 20.3 Å². The van der Waals surface area contributed by atoms with Crippen LogP contribution in [0.2, 0.25) is 0 Å². The maximum atomic E-state index is 11.8. The summed E-state index contributed by atoms with van der Waals surface area (Å²) in [5, 5.41) is 4.83. The Labute approximate surface area is 117 Å². The maximum Gasteiger partial charge on any atom is 0.239 e. The molecular formula is C12H24N2O3P2. The molecule has 19 heavy (non-hydrogen) atoms. The van der Waals surface area contributed by atoms with Gasteiger partial charge in [0.15, 0.2) is 5.78 Å². The molecule has 0 heterocycles. The van der Waals surface area contributed by atoms with E-state index in [0.29, 0.717) is 6.42 Å². The van der Waals surface area contributed by atoms with Gasteiger partial charge in [0.25, 0.3) is 0 Å². The number of amides is 2. The molecule has 0 saturated heterocycles. The topological polar surface area (TPSA) is 75.3 Å². The molecule has 0 bridgehead atoms. The number of ketones is 1. The van der Waals surface area contributed by atoms with Crippen LogP contribution in [0.3, 0.4) is 0 Å². The number of carbonyl (C=O) groups is 3. The van der Waals surface area contributed by atoms with Crippen LogP contribution < -0.4 is 10.6 Å². The number of rotatable bonds is 8. The molecule has 0 aromatic carbocycles. The monoisotopic (exact) mass is 306 g/mol. The molecule has 7 heteroatoms. The summed E-state index contributed by atoms with van der Waals surface area (Å²) in [6.45, 7) is 6.10. The minimum absolute atomic E-state index is 0.00111. The van der Waals surface area contributed by atoms with Crippen molar-refractivity contribution in [3.8, 4) is 0 Å². The number of nitrogens with one attached hydrogen (secondary N) is 2. The summed E-state index contributed by atoms with van der Waals surface area (Å²) in [6, 6.07) is 0. The average molecular weight is 306 g/mol. The van der Waals surface area contributed by atoms with Crippen molar-refractivity contribution in [1.82, 2.24) is 10.6 Å². The Bertz CT molecular complexity index is 381. The van der Waals surface area contributed by atoms with Gasteiger partial charge in [-0.1, -0.05) is 13.8 Å². The van der Waals surface area contributed by atoms with Gasteiger partial charge in [-0.05, 0) is 27.5 Å². The first-order chi connectivity index (χ1) is 8.62. The molecule has 0 spiro atoms. The first-order valence-electron chi connectivity index (χ1n) is 6.08. The quantitative estimate of drug-likeness (QED) is 0.656. The van der Waals surface area contributed by atoms with Gasteiger partial charge in [0.2, 0.25) is 11.6 Å². The van der Waals surface area contributed by atoms with Crippen LogP contribution in [0, 0.1) is 5.41 Å². The predicted octanol–water partition coefficient (Wildman–Crippen LogP) is 0.949. The van der Waals surface area contributed by atoms with E-state index in [1.165, 1.54) is 0 Å². The van der Waals surface area contributed by atoms with Crippen LogP contribution in [-0.4, -0.2) is 49.6 Å². The molecule has 0 saturated carbocycles. The van der Waals surface area contributed by atoms with Crippen molar-refractivity contribution >= 4 is 40.4 Å². The summed E-state index contributed by atoms with van der Waals surface area (Å²) in [6.07, 6.45) is 5.41. The van der Waals surface area contributed by atoms with Crippen molar-refractivity contribution in [2.75, 3.05) is 25.9 Å². The van der Waals surface area contributed by atoms with Crippen LogP contribution in [-0.2, 0) is 9.59 Å². The Hall–Kier alpha value is -0.660. The van der Waals surface area contributed by atoms with Crippen molar-refractivity contribution in [2.24, 2.45) is 5.41 Å². The molecule has 0 radical (unpaired) electrons. The Balaban J connectivity index is 4.01. The summed E-state index contributed by atoms with van der Waals surface area (Å²) in [4.78, 5) is 33.6. The highest BCUT2D eigenvalue weighted by molar-refractivity contribution is 7.55. The Kier molecular flexibility index (Phi) is 8.20. The number of carbonyl (C=O) groups excluding carboxylic acids is 3. The second-order valence-corrected chi connectivity index (χ2v) is 8.30. The first kappa shape index (κ1) is 18.3. The fraction of sp³-hybridized carbons (Fsp3) is 0.667. The van der Waals surface area contributed by atoms with Gasteiger partial charge in [0.05, 0.1) is 13.1 Å². The fourth-order valence-electron chi connectivity index (χ4n) is 1.90. The van der Waals surface area contributed by atoms with Crippen molar-refractivity contribution < 1.29 is 14.4 Å². The highest BCUT2D eigenvalue weighted by atomic mass is 31.1. The van der Waals surface area contributed by atoms with Gasteiger partial charge < -0.3 is 10.6 Å². The van der Waals surface area contributed by atoms with Crippen LogP contribution in [0.15, 0.2) is 0 Å². The largest absolute Gasteiger partial charge is 0.347 e. The average Bonchev–Trinajstić information content (AvgIpc) is 2.20. The summed E-state index contributed by atoms with van der Waals surface area (Å²) < 4.78 is 0. The lowest BCUT2D eigenvalue weighted by atomic mass is 9.89. The zero-order chi connectivity index (χ0) is 15.1. The Morgan fingerprint density at radius 2 is 1.79 bits per heavy atom. The molecule has 0 aliphatic rings. The van der Waals surface area contributed by atoms with Gasteiger partial charge in [0.1, 0.15) is 0 Å². The molecule has 2 atom stereocenters. The van der Waals surface area contributed by atoms with Gasteiger partial charge in [-0.25, -0.2) is 0 Å². The summed E-state index contributed by atoms with van der Waals surface area (Å²) in [5.74, 6) is -0.363. The first-order valence-corrected chi connectivity index (χ1v) is 9.07. The molecule has 0 aliphatic carbocycles. The van der Waals surface area contributed by atoms with E-state index in [1.54, 1.807) is 0 Å². The highest BCUT2D eigenvalue weighted by Gasteiger charge is 2.21. The van der Waals surface area contributed by atoms with Crippen molar-refractivity contribution in [1.29, 1.82) is 0 Å². The molecule has 0 aromatic heterocycles. The minimum atomic E-state index is -0.625. The summed E-state index contributed by atoms with van der Waals surface area (Å²) in [7, 11) is 1.29. The van der Waals surface area contributed by atoms with Gasteiger partial charge in [-0.3, -0.25) is 14.4 Å². The van der Waals surface area contributed by atoms with Gasteiger partial charge in [-0.15, -0.1) is 13.8 Å². The number of hydrogen-bond acceptors (Lipinski definition) is 3. The second-order valence-electron chi connectivity index (χ2n) is 5.51. The fourth-order valence-corrected chi connectivity index (χ4v) is 3.76. The van der Waals surface area contributed by atoms with Crippen LogP contribution in [0.5, 0.6) is 0 Å². The molecule has 110 valence electrons. The predicted molar refractivity (Wildman–Crippen MR) is 85.8 cm³/mol. The zero-order valence-corrected chi connectivity index (χ0v) is 14.0. The Morgan fingerprint density at radius 3 is 2.26 bits per heavy atom. The van der Waals surface area contributed by atoms with E-state index in [0.717, 1.165) is 6.16 Å². The van der Waals surface area contributed by atoms with Crippen LogP contribution in [0.4, 0.5) is 4.79 Å². The van der Waals surface area contributed by atoms with Crippen molar-refractivity contribution in [2.45, 2.75) is 20.3 Å². The van der Waals surface area contributed by atoms with E-state index in [4.69, 9.17) is 0 Å². The van der Waals surface area contributed by atoms with E-state index in [-0.39, 0.29) is 35.8 Å². The van der Waals surface area contributed by atoms with Gasteiger partial charge >= 0.3 is 0 Å². The van der Waals surface area contributed by atoms with Gasteiger partial charge in [-0.2, -0.15) is 0 Å². The summed E-state index contributed by atoms with van der Waals surface area (Å²) in [5.41, 5.74) is -0.420. The molecule has 2 N–H and O–H groups in total. The van der Waals surface area contributed by atoms with Crippen molar-refractivity contribution in [3.05, 3.63) is 0 Å². The third kappa shape index (κ3) is 10.9. The lowest BCUT2D eigenvalue weighted by Gasteiger charge is -2.24. The lowest BCUT2D eigenvalue weighted by Crippen LogP contribution is -2.38. The van der Waals surface area contributed by atoms with Crippen molar-refractivity contribution in [3.63, 3.8) is 0 Å². The van der Waals surface area contributed by atoms with E-state index < -0.39 is 7.55 Å². The number of hydrogen-bond donors (Lipinski definition) is 2. The lowest BCUT2D eigenvalue weighted by molar-refractivity contribution is -0.125. The molecule has 5 nitrogen and oxygen atoms in total.